The number of nitrogens with one attached hydrogen (secondary N) is 1. The van der Waals surface area contributed by atoms with E-state index in [1.54, 1.807) is 36.4 Å². The van der Waals surface area contributed by atoms with Gasteiger partial charge >= 0.3 is 0 Å². The summed E-state index contributed by atoms with van der Waals surface area (Å²) < 4.78 is 42.1. The van der Waals surface area contributed by atoms with Gasteiger partial charge in [-0.1, -0.05) is 28.1 Å². The summed E-state index contributed by atoms with van der Waals surface area (Å²) in [6.07, 6.45) is 0. The molecule has 3 aromatic carbocycles. The number of nitrogens with zero attached hydrogens (tertiary/aromatic N) is 1. The highest BCUT2D eigenvalue weighted by molar-refractivity contribution is 9.10. The summed E-state index contributed by atoms with van der Waals surface area (Å²) in [7, 11) is -3.91. The van der Waals surface area contributed by atoms with E-state index >= 15 is 0 Å². The van der Waals surface area contributed by atoms with Crippen molar-refractivity contribution in [3.8, 4) is 0 Å². The third kappa shape index (κ3) is 5.21. The summed E-state index contributed by atoms with van der Waals surface area (Å²) in [6.45, 7) is 1.42. The monoisotopic (exact) mass is 476 g/mol. The fraction of sp³-hybridized carbons (Fsp3) is 0.0952. The van der Waals surface area contributed by atoms with Crippen LogP contribution in [-0.4, -0.2) is 14.3 Å². The van der Waals surface area contributed by atoms with Gasteiger partial charge in [0, 0.05) is 17.1 Å². The van der Waals surface area contributed by atoms with Crippen molar-refractivity contribution >= 4 is 43.2 Å². The lowest BCUT2D eigenvalue weighted by Crippen LogP contribution is -2.30. The third-order valence-electron chi connectivity index (χ3n) is 4.12. The summed E-state index contributed by atoms with van der Waals surface area (Å²) >= 11 is 3.35. The van der Waals surface area contributed by atoms with Gasteiger partial charge in [-0.3, -0.25) is 9.10 Å². The zero-order chi connectivity index (χ0) is 21.0. The largest absolute Gasteiger partial charge is 0.326 e. The lowest BCUT2D eigenvalue weighted by Gasteiger charge is -2.25. The standard InChI is InChI=1S/C21H18BrFN2O3S/c1-15(26)24-19-8-12-21(13-9-19)29(27,28)25(20-10-4-17(22)5-11-20)14-16-2-6-18(23)7-3-16/h2-13H,14H2,1H3,(H,24,26). The Balaban J connectivity index is 2.00. The van der Waals surface area contributed by atoms with Crippen LogP contribution in [-0.2, 0) is 21.4 Å². The number of hydrogen-bond donors (Lipinski definition) is 1. The number of carbonyl (C=O) groups excluding carboxylic acids is 1. The van der Waals surface area contributed by atoms with Gasteiger partial charge in [-0.05, 0) is 66.2 Å². The second kappa shape index (κ2) is 8.75. The van der Waals surface area contributed by atoms with Crippen molar-refractivity contribution in [2.45, 2.75) is 18.4 Å². The smallest absolute Gasteiger partial charge is 0.264 e. The number of benzene rings is 3. The number of amides is 1. The van der Waals surface area contributed by atoms with Crippen LogP contribution in [0.3, 0.4) is 0 Å². The Hall–Kier alpha value is -2.71. The zero-order valence-corrected chi connectivity index (χ0v) is 17.9. The van der Waals surface area contributed by atoms with E-state index in [0.29, 0.717) is 16.9 Å². The van der Waals surface area contributed by atoms with E-state index in [1.807, 2.05) is 0 Å². The molecule has 0 aliphatic heterocycles. The number of halogens is 2. The lowest BCUT2D eigenvalue weighted by molar-refractivity contribution is -0.114. The van der Waals surface area contributed by atoms with E-state index in [-0.39, 0.29) is 23.2 Å². The minimum Gasteiger partial charge on any atom is -0.326 e. The van der Waals surface area contributed by atoms with Crippen LogP contribution in [0.5, 0.6) is 0 Å². The first kappa shape index (κ1) is 21.0. The van der Waals surface area contributed by atoms with Crippen LogP contribution in [0.2, 0.25) is 0 Å². The average Bonchev–Trinajstić information content (AvgIpc) is 2.68. The summed E-state index contributed by atoms with van der Waals surface area (Å²) in [6, 6.07) is 18.5. The van der Waals surface area contributed by atoms with Crippen LogP contribution >= 0.6 is 15.9 Å². The fourth-order valence-electron chi connectivity index (χ4n) is 2.72. The van der Waals surface area contributed by atoms with Gasteiger partial charge in [0.2, 0.25) is 5.91 Å². The second-order valence-corrected chi connectivity index (χ2v) is 9.10. The van der Waals surface area contributed by atoms with Gasteiger partial charge in [0.25, 0.3) is 10.0 Å². The van der Waals surface area contributed by atoms with Gasteiger partial charge in [-0.2, -0.15) is 0 Å². The Bertz CT molecular complexity index is 1100. The predicted molar refractivity (Wildman–Crippen MR) is 115 cm³/mol. The first-order chi connectivity index (χ1) is 13.8. The third-order valence-corrected chi connectivity index (χ3v) is 6.43. The Morgan fingerprint density at radius 3 is 2.10 bits per heavy atom. The normalized spacial score (nSPS) is 11.1. The molecular formula is C21H18BrFN2O3S. The molecule has 0 spiro atoms. The van der Waals surface area contributed by atoms with Crippen molar-refractivity contribution in [2.75, 3.05) is 9.62 Å². The minimum atomic E-state index is -3.91. The molecule has 3 aromatic rings. The topological polar surface area (TPSA) is 66.5 Å². The van der Waals surface area contributed by atoms with Crippen molar-refractivity contribution in [2.24, 2.45) is 0 Å². The Kier molecular flexibility index (Phi) is 6.34. The van der Waals surface area contributed by atoms with Gasteiger partial charge in [-0.25, -0.2) is 12.8 Å². The Morgan fingerprint density at radius 2 is 1.55 bits per heavy atom. The van der Waals surface area contributed by atoms with Gasteiger partial charge in [0.15, 0.2) is 0 Å². The fourth-order valence-corrected chi connectivity index (χ4v) is 4.44. The van der Waals surface area contributed by atoms with Crippen molar-refractivity contribution in [3.63, 3.8) is 0 Å². The summed E-state index contributed by atoms with van der Waals surface area (Å²) in [5, 5.41) is 2.61. The maximum atomic E-state index is 13.4. The second-order valence-electron chi connectivity index (χ2n) is 6.32. The molecule has 0 saturated carbocycles. The van der Waals surface area contributed by atoms with E-state index in [9.17, 15) is 17.6 Å². The molecule has 29 heavy (non-hydrogen) atoms. The molecule has 0 heterocycles. The maximum absolute atomic E-state index is 13.4. The molecule has 0 bridgehead atoms. The first-order valence-electron chi connectivity index (χ1n) is 8.66. The Labute approximate surface area is 177 Å². The van der Waals surface area contributed by atoms with Crippen LogP contribution in [0.25, 0.3) is 0 Å². The highest BCUT2D eigenvalue weighted by Gasteiger charge is 2.25. The van der Waals surface area contributed by atoms with Crippen molar-refractivity contribution in [1.82, 2.24) is 0 Å². The van der Waals surface area contributed by atoms with E-state index in [2.05, 4.69) is 21.2 Å². The number of rotatable bonds is 6. The summed E-state index contributed by atoms with van der Waals surface area (Å²) in [5.41, 5.74) is 1.63. The molecule has 150 valence electrons. The van der Waals surface area contributed by atoms with Crippen LogP contribution in [0.15, 0.2) is 82.2 Å². The van der Waals surface area contributed by atoms with E-state index in [1.165, 1.54) is 47.6 Å². The molecule has 0 radical (unpaired) electrons. The molecule has 0 aromatic heterocycles. The van der Waals surface area contributed by atoms with Gasteiger partial charge in [0.05, 0.1) is 17.1 Å². The molecule has 0 fully saturated rings. The SMILES string of the molecule is CC(=O)Nc1ccc(S(=O)(=O)N(Cc2ccc(F)cc2)c2ccc(Br)cc2)cc1. The molecule has 0 unspecified atom stereocenters. The molecule has 3 rings (SSSR count). The van der Waals surface area contributed by atoms with E-state index in [4.69, 9.17) is 0 Å². The molecule has 8 heteroatoms. The van der Waals surface area contributed by atoms with Crippen LogP contribution < -0.4 is 9.62 Å². The lowest BCUT2D eigenvalue weighted by atomic mass is 10.2. The van der Waals surface area contributed by atoms with Gasteiger partial charge in [0.1, 0.15) is 5.82 Å². The maximum Gasteiger partial charge on any atom is 0.264 e. The van der Waals surface area contributed by atoms with Crippen molar-refractivity contribution in [1.29, 1.82) is 0 Å². The predicted octanol–water partition coefficient (Wildman–Crippen LogP) is 4.94. The molecule has 0 aliphatic rings. The number of hydrogen-bond acceptors (Lipinski definition) is 3. The molecular weight excluding hydrogens is 459 g/mol. The van der Waals surface area contributed by atoms with Crippen LogP contribution in [0.4, 0.5) is 15.8 Å². The number of sulfonamides is 1. The molecule has 0 aliphatic carbocycles. The molecule has 0 saturated heterocycles. The van der Waals surface area contributed by atoms with E-state index < -0.39 is 10.0 Å². The van der Waals surface area contributed by atoms with Crippen molar-refractivity contribution in [3.05, 3.63) is 88.6 Å². The minimum absolute atomic E-state index is 0.0394. The van der Waals surface area contributed by atoms with Crippen molar-refractivity contribution < 1.29 is 17.6 Å². The summed E-state index contributed by atoms with van der Waals surface area (Å²) in [4.78, 5) is 11.3. The number of anilines is 2. The highest BCUT2D eigenvalue weighted by atomic mass is 79.9. The highest BCUT2D eigenvalue weighted by Crippen LogP contribution is 2.28. The van der Waals surface area contributed by atoms with E-state index in [0.717, 1.165) is 4.47 Å². The quantitative estimate of drug-likeness (QED) is 0.547. The molecule has 0 atom stereocenters. The van der Waals surface area contributed by atoms with Gasteiger partial charge < -0.3 is 5.32 Å². The average molecular weight is 477 g/mol. The van der Waals surface area contributed by atoms with Crippen LogP contribution in [0.1, 0.15) is 12.5 Å². The summed E-state index contributed by atoms with van der Waals surface area (Å²) in [5.74, 6) is -0.631. The van der Waals surface area contributed by atoms with Crippen LogP contribution in [0, 0.1) is 5.82 Å². The Morgan fingerprint density at radius 1 is 0.966 bits per heavy atom. The molecule has 5 nitrogen and oxygen atoms in total. The first-order valence-corrected chi connectivity index (χ1v) is 10.9. The number of carbonyl (C=O) groups is 1. The molecule has 1 N–H and O–H groups in total. The van der Waals surface area contributed by atoms with Gasteiger partial charge in [-0.15, -0.1) is 0 Å². The zero-order valence-electron chi connectivity index (χ0n) is 15.5. The molecule has 1 amide bonds.